The third-order valence-electron chi connectivity index (χ3n) is 3.11. The Hall–Kier alpha value is -1.10. The lowest BCUT2D eigenvalue weighted by atomic mass is 9.99. The van der Waals surface area contributed by atoms with Gasteiger partial charge in [-0.15, -0.1) is 0 Å². The zero-order chi connectivity index (χ0) is 16.0. The van der Waals surface area contributed by atoms with E-state index in [0.717, 1.165) is 18.4 Å². The lowest BCUT2D eigenvalue weighted by molar-refractivity contribution is -0.142. The fraction of sp³-hybridized carbons (Fsp3) is 0.562. The summed E-state index contributed by atoms with van der Waals surface area (Å²) in [6.07, 6.45) is 1.71. The highest BCUT2D eigenvalue weighted by atomic mass is 79.9. The van der Waals surface area contributed by atoms with Gasteiger partial charge in [-0.2, -0.15) is 0 Å². The molecule has 0 aliphatic heterocycles. The van der Waals surface area contributed by atoms with E-state index in [9.17, 15) is 9.18 Å². The standard InChI is InChI=1S/C16H22BrFO3/c1-5-21-16(19)14(17)12-8-11(7-6-10(2)3)9-13(18)15(12)20-4/h8-10,14H,5-7H2,1-4H3. The van der Waals surface area contributed by atoms with Crippen molar-refractivity contribution in [3.8, 4) is 5.75 Å². The lowest BCUT2D eigenvalue weighted by Crippen LogP contribution is -2.13. The molecule has 1 aromatic rings. The highest BCUT2D eigenvalue weighted by Crippen LogP contribution is 2.35. The van der Waals surface area contributed by atoms with Gasteiger partial charge in [0.05, 0.1) is 13.7 Å². The second-order valence-corrected chi connectivity index (χ2v) is 6.16. The van der Waals surface area contributed by atoms with E-state index in [2.05, 4.69) is 29.8 Å². The molecule has 118 valence electrons. The van der Waals surface area contributed by atoms with Crippen molar-refractivity contribution < 1.29 is 18.7 Å². The van der Waals surface area contributed by atoms with Crippen LogP contribution in [0.25, 0.3) is 0 Å². The van der Waals surface area contributed by atoms with Crippen LogP contribution in [-0.4, -0.2) is 19.7 Å². The summed E-state index contributed by atoms with van der Waals surface area (Å²) >= 11 is 3.27. The van der Waals surface area contributed by atoms with Crippen molar-refractivity contribution >= 4 is 21.9 Å². The Kier molecular flexibility index (Phi) is 7.15. The maximum Gasteiger partial charge on any atom is 0.324 e. The van der Waals surface area contributed by atoms with Gasteiger partial charge in [-0.1, -0.05) is 35.8 Å². The van der Waals surface area contributed by atoms with Gasteiger partial charge in [-0.25, -0.2) is 4.39 Å². The van der Waals surface area contributed by atoms with Crippen LogP contribution in [0, 0.1) is 11.7 Å². The summed E-state index contributed by atoms with van der Waals surface area (Å²) in [6.45, 7) is 6.24. The quantitative estimate of drug-likeness (QED) is 0.533. The highest BCUT2D eigenvalue weighted by Gasteiger charge is 2.25. The Bertz CT molecular complexity index is 489. The number of methoxy groups -OCH3 is 1. The molecule has 0 fully saturated rings. The summed E-state index contributed by atoms with van der Waals surface area (Å²) in [5.41, 5.74) is 1.32. The van der Waals surface area contributed by atoms with Crippen molar-refractivity contribution in [2.45, 2.75) is 38.4 Å². The first-order valence-electron chi connectivity index (χ1n) is 7.07. The van der Waals surface area contributed by atoms with E-state index in [1.807, 2.05) is 0 Å². The van der Waals surface area contributed by atoms with Crippen LogP contribution in [-0.2, 0) is 16.0 Å². The number of rotatable bonds is 7. The number of hydrogen-bond donors (Lipinski definition) is 0. The van der Waals surface area contributed by atoms with E-state index in [1.54, 1.807) is 13.0 Å². The summed E-state index contributed by atoms with van der Waals surface area (Å²) in [5, 5.41) is 0. The van der Waals surface area contributed by atoms with E-state index in [0.29, 0.717) is 11.5 Å². The molecule has 1 rings (SSSR count). The maximum atomic E-state index is 14.1. The van der Waals surface area contributed by atoms with Crippen LogP contribution in [0.2, 0.25) is 0 Å². The van der Waals surface area contributed by atoms with Gasteiger partial charge in [0, 0.05) is 5.56 Å². The number of hydrogen-bond acceptors (Lipinski definition) is 3. The van der Waals surface area contributed by atoms with Gasteiger partial charge < -0.3 is 9.47 Å². The van der Waals surface area contributed by atoms with E-state index in [-0.39, 0.29) is 12.4 Å². The summed E-state index contributed by atoms with van der Waals surface area (Å²) in [4.78, 5) is 11.1. The molecule has 0 amide bonds. The molecule has 5 heteroatoms. The van der Waals surface area contributed by atoms with Crippen LogP contribution < -0.4 is 4.74 Å². The lowest BCUT2D eigenvalue weighted by Gasteiger charge is -2.16. The van der Waals surface area contributed by atoms with Crippen LogP contribution in [0.15, 0.2) is 12.1 Å². The monoisotopic (exact) mass is 360 g/mol. The molecule has 1 unspecified atom stereocenters. The molecular formula is C16H22BrFO3. The Morgan fingerprint density at radius 3 is 2.57 bits per heavy atom. The smallest absolute Gasteiger partial charge is 0.324 e. The average molecular weight is 361 g/mol. The van der Waals surface area contributed by atoms with Crippen LogP contribution in [0.1, 0.15) is 43.1 Å². The molecule has 0 spiro atoms. The molecule has 1 atom stereocenters. The predicted molar refractivity (Wildman–Crippen MR) is 84.4 cm³/mol. The normalized spacial score (nSPS) is 12.3. The van der Waals surface area contributed by atoms with E-state index in [4.69, 9.17) is 9.47 Å². The van der Waals surface area contributed by atoms with Crippen LogP contribution in [0.5, 0.6) is 5.75 Å². The summed E-state index contributed by atoms with van der Waals surface area (Å²) < 4.78 is 24.2. The third kappa shape index (κ3) is 4.99. The molecule has 3 nitrogen and oxygen atoms in total. The summed E-state index contributed by atoms with van der Waals surface area (Å²) in [5.74, 6) is -0.291. The molecule has 0 bridgehead atoms. The van der Waals surface area contributed by atoms with Gasteiger partial charge in [0.1, 0.15) is 4.83 Å². The average Bonchev–Trinajstić information content (AvgIpc) is 2.43. The van der Waals surface area contributed by atoms with Gasteiger partial charge in [0.15, 0.2) is 11.6 Å². The summed E-state index contributed by atoms with van der Waals surface area (Å²) in [6, 6.07) is 3.27. The molecule has 21 heavy (non-hydrogen) atoms. The number of alkyl halides is 1. The van der Waals surface area contributed by atoms with Crippen LogP contribution in [0.3, 0.4) is 0 Å². The van der Waals surface area contributed by atoms with Gasteiger partial charge in [-0.3, -0.25) is 4.79 Å². The van der Waals surface area contributed by atoms with Crippen molar-refractivity contribution in [3.63, 3.8) is 0 Å². The number of esters is 1. The van der Waals surface area contributed by atoms with Crippen molar-refractivity contribution in [1.82, 2.24) is 0 Å². The number of aryl methyl sites for hydroxylation is 1. The zero-order valence-corrected chi connectivity index (χ0v) is 14.5. The first-order chi connectivity index (χ1) is 9.90. The van der Waals surface area contributed by atoms with Crippen LogP contribution >= 0.6 is 15.9 Å². The van der Waals surface area contributed by atoms with E-state index in [1.165, 1.54) is 13.2 Å². The second kappa shape index (κ2) is 8.37. The molecule has 0 saturated heterocycles. The molecular weight excluding hydrogens is 339 g/mol. The molecule has 0 N–H and O–H groups in total. The van der Waals surface area contributed by atoms with E-state index < -0.39 is 16.6 Å². The second-order valence-electron chi connectivity index (χ2n) is 5.25. The highest BCUT2D eigenvalue weighted by molar-refractivity contribution is 9.09. The van der Waals surface area contributed by atoms with Crippen molar-refractivity contribution in [2.75, 3.05) is 13.7 Å². The minimum Gasteiger partial charge on any atom is -0.493 e. The minimum atomic E-state index is -0.735. The minimum absolute atomic E-state index is 0.0817. The first kappa shape index (κ1) is 18.0. The van der Waals surface area contributed by atoms with Crippen molar-refractivity contribution in [3.05, 3.63) is 29.1 Å². The molecule has 0 aromatic heterocycles. The van der Waals surface area contributed by atoms with Crippen molar-refractivity contribution in [1.29, 1.82) is 0 Å². The number of halogens is 2. The molecule has 1 aromatic carbocycles. The first-order valence-corrected chi connectivity index (χ1v) is 7.99. The molecule has 0 aliphatic rings. The topological polar surface area (TPSA) is 35.5 Å². The molecule has 0 heterocycles. The number of carbonyl (C=O) groups excluding carboxylic acids is 1. The molecule has 0 saturated carbocycles. The Balaban J connectivity index is 3.11. The zero-order valence-electron chi connectivity index (χ0n) is 12.9. The van der Waals surface area contributed by atoms with Gasteiger partial charge in [0.2, 0.25) is 0 Å². The van der Waals surface area contributed by atoms with Crippen molar-refractivity contribution in [2.24, 2.45) is 5.92 Å². The molecule has 0 aliphatic carbocycles. The number of ether oxygens (including phenoxy) is 2. The SMILES string of the molecule is CCOC(=O)C(Br)c1cc(CCC(C)C)cc(F)c1OC. The van der Waals surface area contributed by atoms with Crippen LogP contribution in [0.4, 0.5) is 4.39 Å². The fourth-order valence-electron chi connectivity index (χ4n) is 2.02. The Morgan fingerprint density at radius 2 is 2.05 bits per heavy atom. The van der Waals surface area contributed by atoms with Gasteiger partial charge in [-0.05, 0) is 37.3 Å². The molecule has 0 radical (unpaired) electrons. The number of carbonyl (C=O) groups is 1. The number of benzene rings is 1. The Labute approximate surface area is 134 Å². The Morgan fingerprint density at radius 1 is 1.38 bits per heavy atom. The third-order valence-corrected chi connectivity index (χ3v) is 3.98. The maximum absolute atomic E-state index is 14.1. The van der Waals surface area contributed by atoms with E-state index >= 15 is 0 Å². The van der Waals surface area contributed by atoms with Gasteiger partial charge in [0.25, 0.3) is 0 Å². The van der Waals surface area contributed by atoms with Gasteiger partial charge >= 0.3 is 5.97 Å². The fourth-order valence-corrected chi connectivity index (χ4v) is 2.49. The predicted octanol–water partition coefficient (Wildman–Crippen LogP) is 4.42. The summed E-state index contributed by atoms with van der Waals surface area (Å²) in [7, 11) is 1.39. The largest absolute Gasteiger partial charge is 0.493 e.